The van der Waals surface area contributed by atoms with Gasteiger partial charge in [0.25, 0.3) is 11.5 Å². The second-order valence-electron chi connectivity index (χ2n) is 11.7. The number of amides is 2. The summed E-state index contributed by atoms with van der Waals surface area (Å²) in [5.74, 6) is -2.85. The van der Waals surface area contributed by atoms with E-state index >= 15 is 0 Å². The molecule has 53 heavy (non-hydrogen) atoms. The Balaban J connectivity index is 0.00000318. The molecule has 0 saturated heterocycles. The minimum absolute atomic E-state index is 0. The first-order chi connectivity index (χ1) is 25.1. The Hall–Kier alpha value is -5.51. The monoisotopic (exact) mass is 814 g/mol. The van der Waals surface area contributed by atoms with Gasteiger partial charge in [-0.15, -0.1) is 0 Å². The summed E-state index contributed by atoms with van der Waals surface area (Å²) in [4.78, 5) is 77.4. The Morgan fingerprint density at radius 3 is 2.40 bits per heavy atom. The van der Waals surface area contributed by atoms with Gasteiger partial charge in [0.15, 0.2) is 5.52 Å². The van der Waals surface area contributed by atoms with Crippen LogP contribution >= 0.6 is 0 Å². The molecule has 4 aromatic rings. The van der Waals surface area contributed by atoms with E-state index in [-0.39, 0.29) is 68.8 Å². The van der Waals surface area contributed by atoms with Crippen LogP contribution < -0.4 is 27.2 Å². The molecule has 1 aromatic carbocycles. The van der Waals surface area contributed by atoms with E-state index in [4.69, 9.17) is 10.4 Å². The van der Waals surface area contributed by atoms with E-state index in [0.29, 0.717) is 36.5 Å². The zero-order chi connectivity index (χ0) is 37.9. The Bertz CT molecular complexity index is 1870. The molecule has 1 radical (unpaired) electrons. The molecule has 0 saturated carbocycles. The summed E-state index contributed by atoms with van der Waals surface area (Å²) in [5, 5.41) is 27.2. The van der Waals surface area contributed by atoms with Gasteiger partial charge in [0, 0.05) is 63.1 Å². The number of benzene rings is 1. The van der Waals surface area contributed by atoms with Crippen LogP contribution in [0.4, 0.5) is 11.5 Å². The topological polar surface area (TPSA) is 266 Å². The van der Waals surface area contributed by atoms with E-state index in [2.05, 4.69) is 42.5 Å². The first-order valence-corrected chi connectivity index (χ1v) is 16.4. The number of carbonyl (C=O) groups excluding carboxylic acids is 2. The number of hydrogen-bond acceptors (Lipinski definition) is 11. The molecule has 281 valence electrons. The number of carboxylic acids is 2. The molecule has 3 aromatic heterocycles. The number of aromatic amines is 1. The van der Waals surface area contributed by atoms with E-state index in [1.165, 1.54) is 24.4 Å². The average Bonchev–Trinajstić information content (AvgIpc) is 3.13. The second kappa shape index (κ2) is 23.1. The Morgan fingerprint density at radius 2 is 1.72 bits per heavy atom. The molecule has 4 rings (SSSR count). The summed E-state index contributed by atoms with van der Waals surface area (Å²) < 4.78 is 7.50. The van der Waals surface area contributed by atoms with E-state index in [1.807, 2.05) is 23.1 Å². The number of aliphatic carboxylic acids is 2. The number of nitrogens with one attached hydrogen (secondary N) is 4. The number of aromatic nitrogens is 4. The number of pyridine rings is 2. The third-order valence-corrected chi connectivity index (χ3v) is 7.69. The molecule has 0 spiro atoms. The van der Waals surface area contributed by atoms with Crippen LogP contribution in [0.1, 0.15) is 60.3 Å². The number of rotatable bonds is 20. The van der Waals surface area contributed by atoms with Crippen molar-refractivity contribution in [2.24, 2.45) is 0 Å². The third kappa shape index (κ3) is 15.3. The number of nitrogens with zero attached hydrogens (tertiary/aromatic N) is 4. The van der Waals surface area contributed by atoms with Crippen molar-refractivity contribution in [2.75, 3.05) is 30.7 Å². The fourth-order valence-corrected chi connectivity index (χ4v) is 5.13. The molecule has 18 heteroatoms. The molecule has 1 unspecified atom stereocenters. The summed E-state index contributed by atoms with van der Waals surface area (Å²) in [6.45, 7) is 6.18. The maximum absolute atomic E-state index is 12.8. The van der Waals surface area contributed by atoms with Crippen LogP contribution in [-0.2, 0) is 52.2 Å². The van der Waals surface area contributed by atoms with E-state index < -0.39 is 29.4 Å². The maximum atomic E-state index is 12.8. The predicted octanol–water partition coefficient (Wildman–Crippen LogP) is 2.09. The first kappa shape index (κ1) is 43.7. The fourth-order valence-electron chi connectivity index (χ4n) is 5.13. The number of H-pyrrole nitrogens is 1. The number of fused-ring (bicyclic) bond motifs is 1. The van der Waals surface area contributed by atoms with Gasteiger partial charge < -0.3 is 36.9 Å². The first-order valence-electron chi connectivity index (χ1n) is 16.4. The van der Waals surface area contributed by atoms with Crippen LogP contribution in [0.15, 0.2) is 65.7 Å². The molecule has 0 aliphatic heterocycles. The number of carbonyl (C=O) groups is 4. The van der Waals surface area contributed by atoms with Gasteiger partial charge in [-0.2, -0.15) is 0 Å². The summed E-state index contributed by atoms with van der Waals surface area (Å²) >= 11 is 0. The van der Waals surface area contributed by atoms with E-state index in [9.17, 15) is 34.2 Å². The quantitative estimate of drug-likeness (QED) is 0.0383. The average molecular weight is 815 g/mol. The summed E-state index contributed by atoms with van der Waals surface area (Å²) in [5.41, 5.74) is 7.96. The zero-order valence-corrected chi connectivity index (χ0v) is 30.6. The van der Waals surface area contributed by atoms with Gasteiger partial charge in [0.05, 0.1) is 36.2 Å². The Kier molecular flexibility index (Phi) is 19.1. The van der Waals surface area contributed by atoms with Gasteiger partial charge >= 0.3 is 23.2 Å². The predicted molar refractivity (Wildman–Crippen MR) is 189 cm³/mol. The number of carboxylic acid groups (broad SMARTS) is 2. The van der Waals surface area contributed by atoms with Gasteiger partial charge in [0.2, 0.25) is 5.91 Å². The minimum atomic E-state index is -1.25. The summed E-state index contributed by atoms with van der Waals surface area (Å²) in [6, 6.07) is 12.2. The Labute approximate surface area is 318 Å². The standard InChI is InChI=1S/C34H41N9O7.CO.Tc/c35-28-17-27-31(33(48)42-28)40-25(19-39-27)18-38-23-10-8-22(9-11-23)32(47)41-26(34(49)50)12-13-29(44)37-15-4-1-2-6-16-43(21-30(45)46)20-24-7-3-5-14-36-24;1-2;/h3,5,7-11,14,17,19,26,38H,1-2,4,6,12-13,15-16,18,20-21H2,(H,37,44)(H,41,47)(H,45,46)(H,49,50)(H3,35,42,48);;/i;;1+1. The third-order valence-electron chi connectivity index (χ3n) is 7.69. The molecule has 0 fully saturated rings. The van der Waals surface area contributed by atoms with Gasteiger partial charge in [-0.25, -0.2) is 9.78 Å². The van der Waals surface area contributed by atoms with Crippen LogP contribution in [0.5, 0.6) is 0 Å². The molecule has 3 heterocycles. The van der Waals surface area contributed by atoms with Crippen molar-refractivity contribution in [1.29, 1.82) is 0 Å². The van der Waals surface area contributed by atoms with Crippen LogP contribution in [0.2, 0.25) is 0 Å². The van der Waals surface area contributed by atoms with Crippen molar-refractivity contribution < 1.29 is 54.1 Å². The molecule has 0 bridgehead atoms. The van der Waals surface area contributed by atoms with Gasteiger partial charge in [-0.3, -0.25) is 34.0 Å². The molecule has 8 N–H and O–H groups in total. The fraction of sp³-hybridized carbons (Fsp3) is 0.343. The molecular weight excluding hydrogens is 773 g/mol. The van der Waals surface area contributed by atoms with Crippen molar-refractivity contribution in [3.8, 4) is 0 Å². The van der Waals surface area contributed by atoms with Crippen molar-refractivity contribution in [3.63, 3.8) is 0 Å². The van der Waals surface area contributed by atoms with Crippen LogP contribution in [0.3, 0.4) is 0 Å². The van der Waals surface area contributed by atoms with Crippen molar-refractivity contribution in [1.82, 2.24) is 35.5 Å². The second-order valence-corrected chi connectivity index (χ2v) is 11.7. The van der Waals surface area contributed by atoms with Crippen LogP contribution in [0, 0.1) is 6.65 Å². The SMILES string of the molecule is Nc1cc2ncc(CNc3ccc(C(=O)NC(CCC(=O)NCCCCCCN(CC(=O)O)Cc4ccccn4)C(=O)O)cc3)nc2c(=O)[nH]1.[99Tc].[C-]#[O+]. The number of hydrogen-bond donors (Lipinski definition) is 7. The van der Waals surface area contributed by atoms with Crippen molar-refractivity contribution in [2.45, 2.75) is 57.7 Å². The van der Waals surface area contributed by atoms with Crippen LogP contribution in [-0.4, -0.2) is 84.5 Å². The number of anilines is 2. The number of nitrogen functional groups attached to an aromatic ring is 1. The van der Waals surface area contributed by atoms with Crippen LogP contribution in [0.25, 0.3) is 11.0 Å². The van der Waals surface area contributed by atoms with Gasteiger partial charge in [-0.1, -0.05) is 18.9 Å². The molecule has 17 nitrogen and oxygen atoms in total. The molecule has 1 atom stereocenters. The van der Waals surface area contributed by atoms with Crippen molar-refractivity contribution >= 4 is 46.3 Å². The number of nitrogens with two attached hydrogens (primary N) is 1. The molecule has 0 aliphatic rings. The van der Waals surface area contributed by atoms with Gasteiger partial charge in [-0.05, 0) is 62.2 Å². The summed E-state index contributed by atoms with van der Waals surface area (Å²) in [7, 11) is 0. The van der Waals surface area contributed by atoms with E-state index in [1.54, 1.807) is 18.3 Å². The zero-order valence-electron chi connectivity index (χ0n) is 28.7. The molecule has 0 aliphatic carbocycles. The normalized spacial score (nSPS) is 11.0. The molecule has 2 amide bonds. The molecular formula is C35H41N9O8Tc. The van der Waals surface area contributed by atoms with Crippen molar-refractivity contribution in [3.05, 3.63) is 94.9 Å². The van der Waals surface area contributed by atoms with E-state index in [0.717, 1.165) is 31.4 Å². The summed E-state index contributed by atoms with van der Waals surface area (Å²) in [6.07, 6.45) is 6.26. The Morgan fingerprint density at radius 1 is 0.981 bits per heavy atom. The number of unbranched alkanes of at least 4 members (excludes halogenated alkanes) is 3. The van der Waals surface area contributed by atoms with Gasteiger partial charge in [0.1, 0.15) is 11.9 Å².